The zero-order valence-corrected chi connectivity index (χ0v) is 20.4. The van der Waals surface area contributed by atoms with Crippen LogP contribution in [0.1, 0.15) is 59.3 Å². The van der Waals surface area contributed by atoms with Gasteiger partial charge in [0.25, 0.3) is 5.91 Å². The number of carbonyl (C=O) groups excluding carboxylic acids is 1. The average molecular weight is 498 g/mol. The lowest BCUT2D eigenvalue weighted by Crippen LogP contribution is -2.32. The number of anilines is 2. The van der Waals surface area contributed by atoms with Crippen LogP contribution in [-0.2, 0) is 13.0 Å². The molecular weight excluding hydrogens is 469 g/mol. The highest BCUT2D eigenvalue weighted by molar-refractivity contribution is 6.13. The van der Waals surface area contributed by atoms with Crippen molar-refractivity contribution in [3.63, 3.8) is 0 Å². The van der Waals surface area contributed by atoms with Gasteiger partial charge in [0.1, 0.15) is 11.6 Å². The molecule has 0 unspecified atom stereocenters. The standard InChI is InChI=1S/C28H28FN7O/c29-23-16-18-10-13-36(28-32-11-5-12-33-28)17-20(18)15-22(23)27(37)35-25-9-4-8-24(34-25)26(31)19-6-2-1-3-7-21(30)14-19/h4-5,8-9,11-12,14-16,30-31H,1-3,6-7,10,13,17H2,(H,34,35,37)/b19-14+,30-21?,31-26?. The Morgan fingerprint density at radius 3 is 2.65 bits per heavy atom. The van der Waals surface area contributed by atoms with Crippen molar-refractivity contribution < 1.29 is 9.18 Å². The number of rotatable bonds is 5. The number of allylic oxidation sites excluding steroid dienone is 2. The Balaban J connectivity index is 1.34. The lowest BCUT2D eigenvalue weighted by Gasteiger charge is -2.29. The predicted octanol–water partition coefficient (Wildman–Crippen LogP) is 5.10. The third-order valence-corrected chi connectivity index (χ3v) is 6.69. The number of amides is 1. The van der Waals surface area contributed by atoms with Crippen LogP contribution < -0.4 is 10.2 Å². The molecule has 0 bridgehead atoms. The number of aromatic nitrogens is 3. The third kappa shape index (κ3) is 5.61. The van der Waals surface area contributed by atoms with Crippen molar-refractivity contribution in [1.82, 2.24) is 15.0 Å². The molecule has 8 nitrogen and oxygen atoms in total. The number of hydrogen-bond donors (Lipinski definition) is 3. The maximum Gasteiger partial charge on any atom is 0.259 e. The zero-order chi connectivity index (χ0) is 25.8. The van der Waals surface area contributed by atoms with Gasteiger partial charge < -0.3 is 15.6 Å². The lowest BCUT2D eigenvalue weighted by molar-refractivity contribution is 0.102. The largest absolute Gasteiger partial charge is 0.336 e. The lowest BCUT2D eigenvalue weighted by atomic mass is 9.94. The minimum absolute atomic E-state index is 0.0620. The van der Waals surface area contributed by atoms with Crippen molar-refractivity contribution in [2.24, 2.45) is 0 Å². The number of nitrogens with zero attached hydrogens (tertiary/aromatic N) is 4. The first-order valence-corrected chi connectivity index (χ1v) is 12.5. The van der Waals surface area contributed by atoms with Crippen molar-refractivity contribution >= 4 is 29.1 Å². The van der Waals surface area contributed by atoms with Gasteiger partial charge in [-0.2, -0.15) is 0 Å². The summed E-state index contributed by atoms with van der Waals surface area (Å²) in [6, 6.07) is 9.82. The van der Waals surface area contributed by atoms with Crippen LogP contribution in [0, 0.1) is 16.6 Å². The van der Waals surface area contributed by atoms with Crippen LogP contribution in [0.3, 0.4) is 0 Å². The molecule has 2 aliphatic rings. The molecule has 5 rings (SSSR count). The van der Waals surface area contributed by atoms with Gasteiger partial charge in [-0.15, -0.1) is 0 Å². The normalized spacial score (nSPS) is 17.2. The summed E-state index contributed by atoms with van der Waals surface area (Å²) in [5.74, 6) is -0.342. The molecule has 1 amide bonds. The van der Waals surface area contributed by atoms with Crippen molar-refractivity contribution in [3.05, 3.63) is 88.6 Å². The molecule has 9 heteroatoms. The number of hydrogen-bond acceptors (Lipinski definition) is 7. The van der Waals surface area contributed by atoms with Crippen molar-refractivity contribution in [2.75, 3.05) is 16.8 Å². The van der Waals surface area contributed by atoms with Gasteiger partial charge >= 0.3 is 0 Å². The molecule has 3 N–H and O–H groups in total. The highest BCUT2D eigenvalue weighted by atomic mass is 19.1. The van der Waals surface area contributed by atoms with Gasteiger partial charge in [-0.1, -0.05) is 12.5 Å². The van der Waals surface area contributed by atoms with E-state index in [0.29, 0.717) is 49.7 Å². The van der Waals surface area contributed by atoms with Gasteiger partial charge in [0.15, 0.2) is 0 Å². The van der Waals surface area contributed by atoms with Gasteiger partial charge in [0, 0.05) is 31.2 Å². The highest BCUT2D eigenvalue weighted by Crippen LogP contribution is 2.26. The van der Waals surface area contributed by atoms with Gasteiger partial charge in [0.2, 0.25) is 5.95 Å². The summed E-state index contributed by atoms with van der Waals surface area (Å²) in [5.41, 5.74) is 3.60. The molecular formula is C28H28FN7O. The van der Waals surface area contributed by atoms with Crippen LogP contribution in [0.2, 0.25) is 0 Å². The smallest absolute Gasteiger partial charge is 0.259 e. The monoisotopic (exact) mass is 497 g/mol. The Morgan fingerprint density at radius 1 is 1.00 bits per heavy atom. The van der Waals surface area contributed by atoms with Crippen LogP contribution in [0.15, 0.2) is 60.4 Å². The van der Waals surface area contributed by atoms with E-state index in [1.807, 2.05) is 4.90 Å². The quantitative estimate of drug-likeness (QED) is 0.424. The Bertz CT molecular complexity index is 1390. The third-order valence-electron chi connectivity index (χ3n) is 6.69. The fourth-order valence-corrected chi connectivity index (χ4v) is 4.73. The molecule has 0 saturated carbocycles. The molecule has 188 valence electrons. The molecule has 1 aliphatic carbocycles. The molecule has 0 fully saturated rings. The van der Waals surface area contributed by atoms with E-state index in [1.165, 1.54) is 6.07 Å². The minimum Gasteiger partial charge on any atom is -0.336 e. The van der Waals surface area contributed by atoms with Gasteiger partial charge in [-0.25, -0.2) is 19.3 Å². The van der Waals surface area contributed by atoms with E-state index in [1.54, 1.807) is 48.8 Å². The molecule has 1 aromatic carbocycles. The molecule has 3 aromatic rings. The van der Waals surface area contributed by atoms with E-state index < -0.39 is 11.7 Å². The molecule has 2 aromatic heterocycles. The van der Waals surface area contributed by atoms with Crippen molar-refractivity contribution in [1.29, 1.82) is 10.8 Å². The zero-order valence-electron chi connectivity index (χ0n) is 20.4. The Kier molecular flexibility index (Phi) is 7.11. The number of fused-ring (bicyclic) bond motifs is 1. The van der Waals surface area contributed by atoms with Crippen LogP contribution >= 0.6 is 0 Å². The van der Waals surface area contributed by atoms with E-state index in [-0.39, 0.29) is 17.1 Å². The molecule has 37 heavy (non-hydrogen) atoms. The molecule has 0 atom stereocenters. The SMILES string of the molecule is N=C1/C=C(/C(=N)c2cccc(NC(=O)c3cc4c(cc3F)CCN(c3ncccn3)C4)n2)CCCCC1. The second-order valence-corrected chi connectivity index (χ2v) is 9.31. The summed E-state index contributed by atoms with van der Waals surface area (Å²) in [7, 11) is 0. The first-order chi connectivity index (χ1) is 18.0. The first-order valence-electron chi connectivity index (χ1n) is 12.5. The van der Waals surface area contributed by atoms with Gasteiger partial charge in [-0.3, -0.25) is 10.2 Å². The molecule has 0 radical (unpaired) electrons. The summed E-state index contributed by atoms with van der Waals surface area (Å²) >= 11 is 0. The Labute approximate surface area is 214 Å². The van der Waals surface area contributed by atoms with Crippen LogP contribution in [0.25, 0.3) is 0 Å². The number of pyridine rings is 1. The number of nitrogens with one attached hydrogen (secondary N) is 3. The molecule has 0 spiro atoms. The highest BCUT2D eigenvalue weighted by Gasteiger charge is 2.23. The summed E-state index contributed by atoms with van der Waals surface area (Å²) in [6.07, 6.45) is 10.2. The van der Waals surface area contributed by atoms with Gasteiger partial charge in [-0.05, 0) is 85.2 Å². The molecule has 0 saturated heterocycles. The predicted molar refractivity (Wildman–Crippen MR) is 141 cm³/mol. The van der Waals surface area contributed by atoms with Crippen LogP contribution in [-0.4, -0.2) is 38.8 Å². The van der Waals surface area contributed by atoms with E-state index >= 15 is 0 Å². The van der Waals surface area contributed by atoms with E-state index in [2.05, 4.69) is 20.3 Å². The van der Waals surface area contributed by atoms with Gasteiger partial charge in [0.05, 0.1) is 17.0 Å². The fourth-order valence-electron chi connectivity index (χ4n) is 4.73. The summed E-state index contributed by atoms with van der Waals surface area (Å²) < 4.78 is 14.9. The maximum absolute atomic E-state index is 14.9. The maximum atomic E-state index is 14.9. The molecule has 1 aliphatic heterocycles. The number of halogens is 1. The average Bonchev–Trinajstić information content (AvgIpc) is 2.90. The second kappa shape index (κ2) is 10.8. The Morgan fingerprint density at radius 2 is 1.81 bits per heavy atom. The van der Waals surface area contributed by atoms with E-state index in [4.69, 9.17) is 10.8 Å². The first kappa shape index (κ1) is 24.4. The summed E-state index contributed by atoms with van der Waals surface area (Å²) in [5, 5.41) is 19.4. The summed E-state index contributed by atoms with van der Waals surface area (Å²) in [4.78, 5) is 28.1. The van der Waals surface area contributed by atoms with Crippen LogP contribution in [0.4, 0.5) is 16.2 Å². The Hall–Kier alpha value is -4.27. The van der Waals surface area contributed by atoms with Crippen molar-refractivity contribution in [3.8, 4) is 0 Å². The topological polar surface area (TPSA) is 119 Å². The minimum atomic E-state index is -0.600. The fraction of sp³-hybridized carbons (Fsp3) is 0.286. The van der Waals surface area contributed by atoms with E-state index in [0.717, 1.165) is 36.0 Å². The number of benzene rings is 1. The molecule has 3 heterocycles. The van der Waals surface area contributed by atoms with Crippen molar-refractivity contribution in [2.45, 2.75) is 45.1 Å². The number of carbonyl (C=O) groups is 1. The second-order valence-electron chi connectivity index (χ2n) is 9.31. The summed E-state index contributed by atoms with van der Waals surface area (Å²) in [6.45, 7) is 1.15. The van der Waals surface area contributed by atoms with E-state index in [9.17, 15) is 9.18 Å². The van der Waals surface area contributed by atoms with Crippen LogP contribution in [0.5, 0.6) is 0 Å².